The molecule has 46 valence electrons. The second-order valence-corrected chi connectivity index (χ2v) is 2.08. The lowest BCUT2D eigenvalue weighted by atomic mass is 10.3. The summed E-state index contributed by atoms with van der Waals surface area (Å²) in [6.45, 7) is 0.277. The molecule has 1 aliphatic rings. The van der Waals surface area contributed by atoms with Gasteiger partial charge in [-0.3, -0.25) is 4.79 Å². The van der Waals surface area contributed by atoms with Crippen molar-refractivity contribution in [1.29, 1.82) is 0 Å². The van der Waals surface area contributed by atoms with Crippen LogP contribution in [0, 0.1) is 0 Å². The summed E-state index contributed by atoms with van der Waals surface area (Å²) >= 11 is 0. The van der Waals surface area contributed by atoms with Crippen LogP contribution in [0.5, 0.6) is 0 Å². The second-order valence-electron chi connectivity index (χ2n) is 2.08. The molecule has 0 aromatic rings. The molecule has 1 heterocycles. The topological polar surface area (TPSA) is 20.3 Å². The number of nitrogens with zero attached hydrogens (tertiary/aromatic N) is 1. The van der Waals surface area contributed by atoms with Crippen molar-refractivity contribution >= 4 is 5.91 Å². The molecule has 0 radical (unpaired) electrons. The van der Waals surface area contributed by atoms with Gasteiger partial charge in [-0.05, 0) is 0 Å². The van der Waals surface area contributed by atoms with E-state index in [9.17, 15) is 9.18 Å². The normalized spacial score (nSPS) is 29.5. The van der Waals surface area contributed by atoms with Crippen molar-refractivity contribution in [2.75, 3.05) is 13.6 Å². The third kappa shape index (κ3) is 0.804. The number of amides is 1. The average molecular weight is 117 g/mol. The Morgan fingerprint density at radius 1 is 1.88 bits per heavy atom. The third-order valence-corrected chi connectivity index (χ3v) is 1.29. The van der Waals surface area contributed by atoms with Crippen molar-refractivity contribution in [3.05, 3.63) is 0 Å². The van der Waals surface area contributed by atoms with Crippen molar-refractivity contribution < 1.29 is 9.18 Å². The summed E-state index contributed by atoms with van der Waals surface area (Å²) in [5.41, 5.74) is 0. The van der Waals surface area contributed by atoms with Crippen molar-refractivity contribution in [2.24, 2.45) is 0 Å². The second kappa shape index (κ2) is 1.73. The highest BCUT2D eigenvalue weighted by molar-refractivity contribution is 5.78. The Balaban J connectivity index is 2.51. The largest absolute Gasteiger partial charge is 0.343 e. The molecule has 0 aromatic heterocycles. The maximum Gasteiger partial charge on any atom is 0.225 e. The van der Waals surface area contributed by atoms with E-state index < -0.39 is 6.17 Å². The first kappa shape index (κ1) is 5.54. The number of carbonyl (C=O) groups is 1. The van der Waals surface area contributed by atoms with Gasteiger partial charge in [0.2, 0.25) is 5.91 Å². The Labute approximate surface area is 47.3 Å². The first-order chi connectivity index (χ1) is 3.70. The summed E-state index contributed by atoms with van der Waals surface area (Å²) in [7, 11) is 1.61. The van der Waals surface area contributed by atoms with Crippen LogP contribution in [0.3, 0.4) is 0 Å². The zero-order chi connectivity index (χ0) is 6.15. The van der Waals surface area contributed by atoms with Crippen LogP contribution in [-0.4, -0.2) is 30.6 Å². The summed E-state index contributed by atoms with van der Waals surface area (Å²) in [6, 6.07) is 0. The monoisotopic (exact) mass is 117 g/mol. The molecule has 0 saturated carbocycles. The molecule has 0 spiro atoms. The number of halogens is 1. The van der Waals surface area contributed by atoms with Gasteiger partial charge in [-0.25, -0.2) is 4.39 Å². The number of hydrogen-bond acceptors (Lipinski definition) is 1. The number of rotatable bonds is 0. The lowest BCUT2D eigenvalue weighted by Gasteiger charge is -2.03. The maximum absolute atomic E-state index is 12.2. The van der Waals surface area contributed by atoms with Crippen LogP contribution in [0.2, 0.25) is 0 Å². The van der Waals surface area contributed by atoms with Gasteiger partial charge in [0, 0.05) is 7.05 Å². The Bertz CT molecular complexity index is 115. The standard InChI is InChI=1S/C5H8FNO/c1-7-3-4(6)2-5(7)8/h4H,2-3H2,1H3. The van der Waals surface area contributed by atoms with E-state index in [2.05, 4.69) is 0 Å². The van der Waals surface area contributed by atoms with E-state index >= 15 is 0 Å². The lowest BCUT2D eigenvalue weighted by molar-refractivity contribution is -0.126. The molecule has 0 bridgehead atoms. The van der Waals surface area contributed by atoms with E-state index in [1.807, 2.05) is 0 Å². The van der Waals surface area contributed by atoms with E-state index in [1.54, 1.807) is 7.05 Å². The number of carbonyl (C=O) groups excluding carboxylic acids is 1. The van der Waals surface area contributed by atoms with Gasteiger partial charge in [-0.15, -0.1) is 0 Å². The minimum Gasteiger partial charge on any atom is -0.343 e. The number of likely N-dealkylation sites (tertiary alicyclic amines) is 1. The van der Waals surface area contributed by atoms with Crippen molar-refractivity contribution in [2.45, 2.75) is 12.6 Å². The van der Waals surface area contributed by atoms with Crippen LogP contribution in [0.1, 0.15) is 6.42 Å². The van der Waals surface area contributed by atoms with Gasteiger partial charge in [0.15, 0.2) is 0 Å². The van der Waals surface area contributed by atoms with Crippen molar-refractivity contribution in [1.82, 2.24) is 4.90 Å². The molecule has 1 saturated heterocycles. The Hall–Kier alpha value is -0.600. The number of hydrogen-bond donors (Lipinski definition) is 0. The molecule has 1 unspecified atom stereocenters. The van der Waals surface area contributed by atoms with Gasteiger partial charge in [0.1, 0.15) is 6.17 Å². The van der Waals surface area contributed by atoms with Crippen LogP contribution < -0.4 is 0 Å². The zero-order valence-electron chi connectivity index (χ0n) is 4.72. The molecule has 8 heavy (non-hydrogen) atoms. The fraction of sp³-hybridized carbons (Fsp3) is 0.800. The summed E-state index contributed by atoms with van der Waals surface area (Å²) in [5.74, 6) is -0.0856. The summed E-state index contributed by atoms with van der Waals surface area (Å²) in [4.78, 5) is 11.9. The molecule has 1 fully saturated rings. The summed E-state index contributed by atoms with van der Waals surface area (Å²) < 4.78 is 12.2. The molecule has 1 aliphatic heterocycles. The molecule has 1 rings (SSSR count). The van der Waals surface area contributed by atoms with E-state index in [1.165, 1.54) is 4.90 Å². The fourth-order valence-electron chi connectivity index (χ4n) is 0.809. The Morgan fingerprint density at radius 2 is 2.50 bits per heavy atom. The molecular formula is C5H8FNO. The van der Waals surface area contributed by atoms with Gasteiger partial charge >= 0.3 is 0 Å². The first-order valence-corrected chi connectivity index (χ1v) is 2.58. The maximum atomic E-state index is 12.2. The molecule has 0 aromatic carbocycles. The fourth-order valence-corrected chi connectivity index (χ4v) is 0.809. The summed E-state index contributed by atoms with van der Waals surface area (Å²) in [6.07, 6.45) is -0.844. The Kier molecular flexibility index (Phi) is 1.19. The van der Waals surface area contributed by atoms with Gasteiger partial charge in [-0.2, -0.15) is 0 Å². The summed E-state index contributed by atoms with van der Waals surface area (Å²) in [5, 5.41) is 0. The van der Waals surface area contributed by atoms with Gasteiger partial charge in [-0.1, -0.05) is 0 Å². The molecule has 0 aliphatic carbocycles. The molecular weight excluding hydrogens is 109 g/mol. The molecule has 1 amide bonds. The van der Waals surface area contributed by atoms with E-state index in [-0.39, 0.29) is 18.9 Å². The third-order valence-electron chi connectivity index (χ3n) is 1.29. The van der Waals surface area contributed by atoms with Crippen LogP contribution in [-0.2, 0) is 4.79 Å². The van der Waals surface area contributed by atoms with E-state index in [4.69, 9.17) is 0 Å². The molecule has 2 nitrogen and oxygen atoms in total. The molecule has 1 atom stereocenters. The Morgan fingerprint density at radius 3 is 2.62 bits per heavy atom. The van der Waals surface area contributed by atoms with Crippen LogP contribution in [0.25, 0.3) is 0 Å². The predicted octanol–water partition coefficient (Wildman–Crippen LogP) is 0.187. The van der Waals surface area contributed by atoms with Gasteiger partial charge < -0.3 is 4.90 Å². The van der Waals surface area contributed by atoms with Crippen LogP contribution in [0.4, 0.5) is 4.39 Å². The smallest absolute Gasteiger partial charge is 0.225 e. The predicted molar refractivity (Wildman–Crippen MR) is 27.1 cm³/mol. The molecule has 3 heteroatoms. The molecule has 0 N–H and O–H groups in total. The average Bonchev–Trinajstić information content (AvgIpc) is 1.85. The number of alkyl halides is 1. The van der Waals surface area contributed by atoms with E-state index in [0.717, 1.165) is 0 Å². The van der Waals surface area contributed by atoms with E-state index in [0.29, 0.717) is 0 Å². The van der Waals surface area contributed by atoms with Gasteiger partial charge in [0.05, 0.1) is 13.0 Å². The highest BCUT2D eigenvalue weighted by Gasteiger charge is 2.25. The minimum absolute atomic E-state index is 0.0799. The van der Waals surface area contributed by atoms with Gasteiger partial charge in [0.25, 0.3) is 0 Å². The van der Waals surface area contributed by atoms with Crippen LogP contribution in [0.15, 0.2) is 0 Å². The van der Waals surface area contributed by atoms with Crippen LogP contribution >= 0.6 is 0 Å². The SMILES string of the molecule is CN1CC(F)CC1=O. The van der Waals surface area contributed by atoms with Crippen molar-refractivity contribution in [3.63, 3.8) is 0 Å². The highest BCUT2D eigenvalue weighted by atomic mass is 19.1. The lowest BCUT2D eigenvalue weighted by Crippen LogP contribution is -2.19. The zero-order valence-corrected chi connectivity index (χ0v) is 4.72. The highest BCUT2D eigenvalue weighted by Crippen LogP contribution is 2.10. The first-order valence-electron chi connectivity index (χ1n) is 2.58. The van der Waals surface area contributed by atoms with Crippen molar-refractivity contribution in [3.8, 4) is 0 Å². The quantitative estimate of drug-likeness (QED) is 0.443. The minimum atomic E-state index is -0.924.